The number of carbonyl (C=O) groups excluding carboxylic acids is 2. The minimum Gasteiger partial charge on any atom is -0.369 e. The molecule has 1 saturated heterocycles. The zero-order valence-electron chi connectivity index (χ0n) is 14.4. The summed E-state index contributed by atoms with van der Waals surface area (Å²) in [5.41, 5.74) is 8.04. The second kappa shape index (κ2) is 7.34. The third kappa shape index (κ3) is 3.61. The van der Waals surface area contributed by atoms with Gasteiger partial charge in [0.15, 0.2) is 0 Å². The van der Waals surface area contributed by atoms with Gasteiger partial charge in [-0.15, -0.1) is 0 Å². The highest BCUT2D eigenvalue weighted by Crippen LogP contribution is 2.33. The van der Waals surface area contributed by atoms with E-state index in [0.29, 0.717) is 6.54 Å². The summed E-state index contributed by atoms with van der Waals surface area (Å²) in [6.45, 7) is 1.98. The van der Waals surface area contributed by atoms with Crippen molar-refractivity contribution in [2.24, 2.45) is 11.7 Å². The molecule has 1 heterocycles. The van der Waals surface area contributed by atoms with E-state index in [1.807, 2.05) is 11.9 Å². The van der Waals surface area contributed by atoms with Crippen LogP contribution in [0.5, 0.6) is 0 Å². The number of carbonyl (C=O) groups is 2. The maximum absolute atomic E-state index is 12.7. The molecule has 0 aromatic heterocycles. The molecule has 0 bridgehead atoms. The Morgan fingerprint density at radius 2 is 1.92 bits per heavy atom. The van der Waals surface area contributed by atoms with Gasteiger partial charge in [0.2, 0.25) is 11.8 Å². The molecule has 1 atom stereocenters. The van der Waals surface area contributed by atoms with E-state index in [-0.39, 0.29) is 23.8 Å². The van der Waals surface area contributed by atoms with Gasteiger partial charge in [0.25, 0.3) is 0 Å². The SMILES string of the molecule is CN(C(=O)CN1CCC(C(N)=O)CC1)[C@@H]1CCCc2ccccc21. The lowest BCUT2D eigenvalue weighted by Gasteiger charge is -2.36. The lowest BCUT2D eigenvalue weighted by molar-refractivity contribution is -0.134. The minimum absolute atomic E-state index is 0.0284. The van der Waals surface area contributed by atoms with Crippen molar-refractivity contribution in [2.45, 2.75) is 38.1 Å². The lowest BCUT2D eigenvalue weighted by Crippen LogP contribution is -2.45. The third-order valence-corrected chi connectivity index (χ3v) is 5.55. The number of nitrogens with two attached hydrogens (primary N) is 1. The molecule has 0 radical (unpaired) electrons. The zero-order valence-corrected chi connectivity index (χ0v) is 14.4. The van der Waals surface area contributed by atoms with Crippen LogP contribution in [0.25, 0.3) is 0 Å². The van der Waals surface area contributed by atoms with Crippen LogP contribution in [0.4, 0.5) is 0 Å². The summed E-state index contributed by atoms with van der Waals surface area (Å²) >= 11 is 0. The normalized spacial score (nSPS) is 22.0. The Hall–Kier alpha value is -1.88. The highest BCUT2D eigenvalue weighted by atomic mass is 16.2. The van der Waals surface area contributed by atoms with E-state index in [2.05, 4.69) is 29.2 Å². The van der Waals surface area contributed by atoms with Crippen molar-refractivity contribution in [2.75, 3.05) is 26.7 Å². The summed E-state index contributed by atoms with van der Waals surface area (Å²) in [6, 6.07) is 8.65. The van der Waals surface area contributed by atoms with Crippen LogP contribution in [0.2, 0.25) is 0 Å². The summed E-state index contributed by atoms with van der Waals surface area (Å²) in [7, 11) is 1.92. The highest BCUT2D eigenvalue weighted by Gasteiger charge is 2.29. The molecule has 2 N–H and O–H groups in total. The quantitative estimate of drug-likeness (QED) is 0.914. The standard InChI is InChI=1S/C19H27N3O2/c1-21(17-8-4-6-14-5-2-3-7-16(14)17)18(23)13-22-11-9-15(10-12-22)19(20)24/h2-3,5,7,15,17H,4,6,8-13H2,1H3,(H2,20,24)/t17-/m1/s1. The molecular formula is C19H27N3O2. The Bertz CT molecular complexity index is 608. The number of likely N-dealkylation sites (tertiary alicyclic amines) is 1. The van der Waals surface area contributed by atoms with Gasteiger partial charge in [0, 0.05) is 13.0 Å². The molecule has 0 unspecified atom stereocenters. The number of fused-ring (bicyclic) bond motifs is 1. The first-order valence-electron chi connectivity index (χ1n) is 8.91. The van der Waals surface area contributed by atoms with Crippen LogP contribution in [0.1, 0.15) is 42.9 Å². The third-order valence-electron chi connectivity index (χ3n) is 5.55. The molecule has 0 spiro atoms. The molecule has 5 nitrogen and oxygen atoms in total. The predicted octanol–water partition coefficient (Wildman–Crippen LogP) is 1.72. The molecule has 1 aliphatic heterocycles. The maximum Gasteiger partial charge on any atom is 0.237 e. The monoisotopic (exact) mass is 329 g/mol. The van der Waals surface area contributed by atoms with E-state index in [1.54, 1.807) is 0 Å². The average molecular weight is 329 g/mol. The van der Waals surface area contributed by atoms with Gasteiger partial charge in [-0.1, -0.05) is 24.3 Å². The fourth-order valence-corrected chi connectivity index (χ4v) is 3.98. The summed E-state index contributed by atoms with van der Waals surface area (Å²) in [5, 5.41) is 0. The molecule has 5 heteroatoms. The first-order chi connectivity index (χ1) is 11.6. The van der Waals surface area contributed by atoms with Crippen molar-refractivity contribution in [3.05, 3.63) is 35.4 Å². The van der Waals surface area contributed by atoms with Gasteiger partial charge in [0.05, 0.1) is 12.6 Å². The first kappa shape index (κ1) is 17.0. The number of rotatable bonds is 4. The summed E-state index contributed by atoms with van der Waals surface area (Å²) in [4.78, 5) is 28.0. The molecule has 3 rings (SSSR count). The first-order valence-corrected chi connectivity index (χ1v) is 8.91. The van der Waals surface area contributed by atoms with Gasteiger partial charge in [-0.25, -0.2) is 0 Å². The van der Waals surface area contributed by atoms with Crippen molar-refractivity contribution >= 4 is 11.8 Å². The molecule has 1 aliphatic carbocycles. The van der Waals surface area contributed by atoms with Crippen molar-refractivity contribution in [1.29, 1.82) is 0 Å². The molecule has 2 amide bonds. The van der Waals surface area contributed by atoms with E-state index < -0.39 is 0 Å². The largest absolute Gasteiger partial charge is 0.369 e. The molecule has 1 aromatic rings. The van der Waals surface area contributed by atoms with E-state index in [0.717, 1.165) is 45.2 Å². The van der Waals surface area contributed by atoms with E-state index >= 15 is 0 Å². The van der Waals surface area contributed by atoms with Crippen LogP contribution in [0.3, 0.4) is 0 Å². The molecule has 1 fully saturated rings. The van der Waals surface area contributed by atoms with Gasteiger partial charge in [-0.2, -0.15) is 0 Å². The Morgan fingerprint density at radius 1 is 1.21 bits per heavy atom. The van der Waals surface area contributed by atoms with Crippen molar-refractivity contribution < 1.29 is 9.59 Å². The number of nitrogens with zero attached hydrogens (tertiary/aromatic N) is 2. The smallest absolute Gasteiger partial charge is 0.237 e. The number of hydrogen-bond donors (Lipinski definition) is 1. The van der Waals surface area contributed by atoms with Gasteiger partial charge < -0.3 is 10.6 Å². The molecule has 2 aliphatic rings. The van der Waals surface area contributed by atoms with Gasteiger partial charge in [0.1, 0.15) is 0 Å². The van der Waals surface area contributed by atoms with Crippen molar-refractivity contribution in [3.63, 3.8) is 0 Å². The van der Waals surface area contributed by atoms with Crippen LogP contribution < -0.4 is 5.73 Å². The number of piperidine rings is 1. The van der Waals surface area contributed by atoms with E-state index in [9.17, 15) is 9.59 Å². The minimum atomic E-state index is -0.211. The number of primary amides is 1. The van der Waals surface area contributed by atoms with E-state index in [4.69, 9.17) is 5.73 Å². The molecule has 1 aromatic carbocycles. The molecule has 0 saturated carbocycles. The number of hydrogen-bond acceptors (Lipinski definition) is 3. The molecular weight excluding hydrogens is 302 g/mol. The number of amides is 2. The maximum atomic E-state index is 12.7. The Labute approximate surface area is 143 Å². The van der Waals surface area contributed by atoms with Crippen molar-refractivity contribution in [3.8, 4) is 0 Å². The Kier molecular flexibility index (Phi) is 5.19. The second-order valence-corrected chi connectivity index (χ2v) is 7.06. The van der Waals surface area contributed by atoms with Gasteiger partial charge in [-0.05, 0) is 56.3 Å². The topological polar surface area (TPSA) is 66.6 Å². The number of aryl methyl sites for hydroxylation is 1. The number of benzene rings is 1. The predicted molar refractivity (Wildman–Crippen MR) is 93.2 cm³/mol. The fourth-order valence-electron chi connectivity index (χ4n) is 3.98. The van der Waals surface area contributed by atoms with Crippen LogP contribution in [0.15, 0.2) is 24.3 Å². The van der Waals surface area contributed by atoms with Crippen LogP contribution in [-0.2, 0) is 16.0 Å². The lowest BCUT2D eigenvalue weighted by atomic mass is 9.87. The number of likely N-dealkylation sites (N-methyl/N-ethyl adjacent to an activating group) is 1. The van der Waals surface area contributed by atoms with Crippen LogP contribution in [0, 0.1) is 5.92 Å². The van der Waals surface area contributed by atoms with Crippen LogP contribution >= 0.6 is 0 Å². The summed E-state index contributed by atoms with van der Waals surface area (Å²) in [6.07, 6.45) is 4.79. The van der Waals surface area contributed by atoms with Gasteiger partial charge in [-0.3, -0.25) is 14.5 Å². The fraction of sp³-hybridized carbons (Fsp3) is 0.579. The summed E-state index contributed by atoms with van der Waals surface area (Å²) in [5.74, 6) is -0.0783. The zero-order chi connectivity index (χ0) is 17.1. The Balaban J connectivity index is 1.59. The summed E-state index contributed by atoms with van der Waals surface area (Å²) < 4.78 is 0. The van der Waals surface area contributed by atoms with E-state index in [1.165, 1.54) is 11.1 Å². The second-order valence-electron chi connectivity index (χ2n) is 7.06. The Morgan fingerprint density at radius 3 is 2.62 bits per heavy atom. The average Bonchev–Trinajstić information content (AvgIpc) is 2.61. The highest BCUT2D eigenvalue weighted by molar-refractivity contribution is 5.79. The van der Waals surface area contributed by atoms with Crippen LogP contribution in [-0.4, -0.2) is 48.3 Å². The van der Waals surface area contributed by atoms with Crippen molar-refractivity contribution in [1.82, 2.24) is 9.80 Å². The molecule has 130 valence electrons. The van der Waals surface area contributed by atoms with Gasteiger partial charge >= 0.3 is 0 Å². The molecule has 24 heavy (non-hydrogen) atoms.